The number of ketones is 1. The highest BCUT2D eigenvalue weighted by Crippen LogP contribution is 2.22. The molecule has 2 nitrogen and oxygen atoms in total. The van der Waals surface area contributed by atoms with E-state index in [-0.39, 0.29) is 11.5 Å². The zero-order valence-electron chi connectivity index (χ0n) is 7.79. The Bertz CT molecular complexity index is 365. The number of phenolic OH excluding ortho intramolecular Hbond substituents is 1. The van der Waals surface area contributed by atoms with E-state index in [0.717, 1.165) is 11.1 Å². The third-order valence-electron chi connectivity index (χ3n) is 2.03. The van der Waals surface area contributed by atoms with Crippen LogP contribution in [-0.2, 0) is 0 Å². The molecule has 1 N–H and O–H groups in total. The Morgan fingerprint density at radius 1 is 1.54 bits per heavy atom. The lowest BCUT2D eigenvalue weighted by Gasteiger charge is -2.06. The first-order valence-electron chi connectivity index (χ1n) is 4.03. The van der Waals surface area contributed by atoms with Gasteiger partial charge in [-0.15, -0.1) is 0 Å². The van der Waals surface area contributed by atoms with Crippen LogP contribution in [0.15, 0.2) is 18.7 Å². The Hall–Kier alpha value is -1.57. The summed E-state index contributed by atoms with van der Waals surface area (Å²) in [6.07, 6.45) is 1.63. The number of aromatic hydroxyl groups is 1. The molecule has 0 aliphatic heterocycles. The molecule has 13 heavy (non-hydrogen) atoms. The van der Waals surface area contributed by atoms with E-state index in [9.17, 15) is 9.90 Å². The van der Waals surface area contributed by atoms with Crippen LogP contribution < -0.4 is 0 Å². The minimum atomic E-state index is -0.0449. The summed E-state index contributed by atoms with van der Waals surface area (Å²) in [6.45, 7) is 6.93. The predicted octanol–water partition coefficient (Wildman–Crippen LogP) is 2.55. The third kappa shape index (κ3) is 1.78. The maximum absolute atomic E-state index is 11.1. The lowest BCUT2D eigenvalue weighted by atomic mass is 9.99. The summed E-state index contributed by atoms with van der Waals surface area (Å²) < 4.78 is 0. The van der Waals surface area contributed by atoms with Gasteiger partial charge in [0.25, 0.3) is 0 Å². The normalized spacial score (nSPS) is 9.69. The van der Waals surface area contributed by atoms with Gasteiger partial charge in [-0.1, -0.05) is 12.7 Å². The summed E-state index contributed by atoms with van der Waals surface area (Å²) in [5.74, 6) is 0.0576. The second-order valence-electron chi connectivity index (χ2n) is 2.97. The molecule has 0 amide bonds. The van der Waals surface area contributed by atoms with Crippen molar-refractivity contribution in [1.82, 2.24) is 0 Å². The largest absolute Gasteiger partial charge is 0.508 e. The van der Waals surface area contributed by atoms with E-state index in [1.807, 2.05) is 6.92 Å². The number of hydrogen-bond acceptors (Lipinski definition) is 2. The third-order valence-corrected chi connectivity index (χ3v) is 2.03. The highest BCUT2D eigenvalue weighted by atomic mass is 16.3. The van der Waals surface area contributed by atoms with Gasteiger partial charge in [-0.2, -0.15) is 0 Å². The molecule has 0 heterocycles. The summed E-state index contributed by atoms with van der Waals surface area (Å²) in [5, 5.41) is 9.30. The number of rotatable bonds is 2. The summed E-state index contributed by atoms with van der Waals surface area (Å²) >= 11 is 0. The molecule has 0 spiro atoms. The van der Waals surface area contributed by atoms with Gasteiger partial charge in [-0.3, -0.25) is 4.79 Å². The summed E-state index contributed by atoms with van der Waals surface area (Å²) in [6, 6.07) is 3.07. The molecule has 0 bridgehead atoms. The van der Waals surface area contributed by atoms with Gasteiger partial charge in [0.1, 0.15) is 5.75 Å². The van der Waals surface area contributed by atoms with Gasteiger partial charge in [0, 0.05) is 5.56 Å². The lowest BCUT2D eigenvalue weighted by molar-refractivity contribution is 0.101. The second kappa shape index (κ2) is 3.44. The van der Waals surface area contributed by atoms with Crippen LogP contribution in [0.2, 0.25) is 0 Å². The molecule has 0 aliphatic rings. The van der Waals surface area contributed by atoms with Gasteiger partial charge >= 0.3 is 0 Å². The van der Waals surface area contributed by atoms with Crippen LogP contribution in [0.4, 0.5) is 0 Å². The molecule has 1 rings (SSSR count). The molecule has 1 aromatic rings. The van der Waals surface area contributed by atoms with E-state index in [1.54, 1.807) is 12.1 Å². The van der Waals surface area contributed by atoms with Crippen LogP contribution >= 0.6 is 0 Å². The summed E-state index contributed by atoms with van der Waals surface area (Å²) in [4.78, 5) is 11.1. The smallest absolute Gasteiger partial charge is 0.160 e. The van der Waals surface area contributed by atoms with Crippen molar-refractivity contribution in [3.05, 3.63) is 35.4 Å². The maximum Gasteiger partial charge on any atom is 0.160 e. The summed E-state index contributed by atoms with van der Waals surface area (Å²) in [5.41, 5.74) is 2.21. The SMILES string of the molecule is C=Cc1cc(O)cc(C(C)=O)c1C. The molecular formula is C11H12O2. The maximum atomic E-state index is 11.1. The molecule has 0 aromatic heterocycles. The van der Waals surface area contributed by atoms with Gasteiger partial charge in [-0.25, -0.2) is 0 Å². The molecule has 68 valence electrons. The Balaban J connectivity index is 3.44. The second-order valence-corrected chi connectivity index (χ2v) is 2.97. The Morgan fingerprint density at radius 2 is 2.15 bits per heavy atom. The van der Waals surface area contributed by atoms with Crippen molar-refractivity contribution in [3.8, 4) is 5.75 Å². The first-order valence-corrected chi connectivity index (χ1v) is 4.03. The minimum absolute atomic E-state index is 0.0449. The zero-order valence-corrected chi connectivity index (χ0v) is 7.79. The minimum Gasteiger partial charge on any atom is -0.508 e. The average Bonchev–Trinajstić information content (AvgIpc) is 2.08. The van der Waals surface area contributed by atoms with Crippen LogP contribution in [0, 0.1) is 6.92 Å². The molecular weight excluding hydrogens is 164 g/mol. The number of hydrogen-bond donors (Lipinski definition) is 1. The first-order chi connectivity index (χ1) is 6.06. The van der Waals surface area contributed by atoms with E-state index in [1.165, 1.54) is 13.0 Å². The van der Waals surface area contributed by atoms with Crippen molar-refractivity contribution < 1.29 is 9.90 Å². The molecule has 0 radical (unpaired) electrons. The Morgan fingerprint density at radius 3 is 2.62 bits per heavy atom. The quantitative estimate of drug-likeness (QED) is 0.703. The van der Waals surface area contributed by atoms with Gasteiger partial charge < -0.3 is 5.11 Å². The topological polar surface area (TPSA) is 37.3 Å². The molecule has 0 atom stereocenters. The monoisotopic (exact) mass is 176 g/mol. The van der Waals surface area contributed by atoms with E-state index in [4.69, 9.17) is 0 Å². The molecule has 0 saturated carbocycles. The fraction of sp³-hybridized carbons (Fsp3) is 0.182. The highest BCUT2D eigenvalue weighted by Gasteiger charge is 2.08. The van der Waals surface area contributed by atoms with Crippen LogP contribution in [-0.4, -0.2) is 10.9 Å². The van der Waals surface area contributed by atoms with E-state index < -0.39 is 0 Å². The standard InChI is InChI=1S/C11H12O2/c1-4-9-5-10(13)6-11(7(9)2)8(3)12/h4-6,13H,1H2,2-3H3. The Kier molecular flexibility index (Phi) is 2.52. The first kappa shape index (κ1) is 9.52. The van der Waals surface area contributed by atoms with Crippen LogP contribution in [0.3, 0.4) is 0 Å². The van der Waals surface area contributed by atoms with Gasteiger partial charge in [-0.05, 0) is 37.1 Å². The van der Waals surface area contributed by atoms with Crippen molar-refractivity contribution in [2.75, 3.05) is 0 Å². The van der Waals surface area contributed by atoms with E-state index >= 15 is 0 Å². The van der Waals surface area contributed by atoms with Crippen molar-refractivity contribution in [1.29, 1.82) is 0 Å². The zero-order chi connectivity index (χ0) is 10.0. The van der Waals surface area contributed by atoms with Gasteiger partial charge in [0.15, 0.2) is 5.78 Å². The van der Waals surface area contributed by atoms with Gasteiger partial charge in [0.05, 0.1) is 0 Å². The van der Waals surface area contributed by atoms with E-state index in [0.29, 0.717) is 5.56 Å². The molecule has 2 heteroatoms. The molecule has 0 fully saturated rings. The van der Waals surface area contributed by atoms with Crippen LogP contribution in [0.5, 0.6) is 5.75 Å². The number of phenols is 1. The predicted molar refractivity (Wildman–Crippen MR) is 52.9 cm³/mol. The number of carbonyl (C=O) groups is 1. The van der Waals surface area contributed by atoms with Crippen molar-refractivity contribution in [2.45, 2.75) is 13.8 Å². The van der Waals surface area contributed by atoms with Crippen LogP contribution in [0.25, 0.3) is 6.08 Å². The van der Waals surface area contributed by atoms with Crippen molar-refractivity contribution in [2.24, 2.45) is 0 Å². The average molecular weight is 176 g/mol. The lowest BCUT2D eigenvalue weighted by Crippen LogP contribution is -1.97. The highest BCUT2D eigenvalue weighted by molar-refractivity contribution is 5.96. The van der Waals surface area contributed by atoms with E-state index in [2.05, 4.69) is 6.58 Å². The van der Waals surface area contributed by atoms with Gasteiger partial charge in [0.2, 0.25) is 0 Å². The number of carbonyl (C=O) groups excluding carboxylic acids is 1. The molecule has 1 aromatic carbocycles. The van der Waals surface area contributed by atoms with Crippen molar-refractivity contribution in [3.63, 3.8) is 0 Å². The fourth-order valence-electron chi connectivity index (χ4n) is 1.30. The van der Waals surface area contributed by atoms with Crippen molar-refractivity contribution >= 4 is 11.9 Å². The molecule has 0 saturated heterocycles. The fourth-order valence-corrected chi connectivity index (χ4v) is 1.30. The Labute approximate surface area is 77.5 Å². The number of benzene rings is 1. The molecule has 0 aliphatic carbocycles. The molecule has 0 unspecified atom stereocenters. The summed E-state index contributed by atoms with van der Waals surface area (Å²) in [7, 11) is 0. The number of Topliss-reactive ketones (excluding diaryl/α,β-unsaturated/α-hetero) is 1. The van der Waals surface area contributed by atoms with Crippen LogP contribution in [0.1, 0.15) is 28.4 Å².